The van der Waals surface area contributed by atoms with Crippen LogP contribution in [-0.2, 0) is 9.53 Å². The van der Waals surface area contributed by atoms with Gasteiger partial charge in [0.25, 0.3) is 5.90 Å². The minimum atomic E-state index is -0.580. The highest BCUT2D eigenvalue weighted by Crippen LogP contribution is 2.36. The summed E-state index contributed by atoms with van der Waals surface area (Å²) in [7, 11) is 0. The average Bonchev–Trinajstić information content (AvgIpc) is 3.35. The summed E-state index contributed by atoms with van der Waals surface area (Å²) in [6.07, 6.45) is 3.04. The average molecular weight is 531 g/mol. The summed E-state index contributed by atoms with van der Waals surface area (Å²) in [5, 5.41) is 0. The van der Waals surface area contributed by atoms with Gasteiger partial charge in [0.2, 0.25) is 0 Å². The Balaban J connectivity index is 1.59. The molecule has 1 aliphatic rings. The number of rotatable bonds is 4. The number of carbonyl (C=O) groups is 2. The fourth-order valence-electron chi connectivity index (χ4n) is 2.76. The zero-order valence-corrected chi connectivity index (χ0v) is 18.7. The Hall–Kier alpha value is -2.97. The van der Waals surface area contributed by atoms with E-state index in [0.29, 0.717) is 31.6 Å². The van der Waals surface area contributed by atoms with E-state index in [4.69, 9.17) is 13.9 Å². The molecule has 1 aliphatic heterocycles. The lowest BCUT2D eigenvalue weighted by Gasteiger charge is -2.10. The number of furan rings is 1. The van der Waals surface area contributed by atoms with E-state index in [1.54, 1.807) is 48.5 Å². The number of hydrogen-bond donors (Lipinski definition) is 0. The largest absolute Gasteiger partial charge is 0.459 e. The summed E-state index contributed by atoms with van der Waals surface area (Å²) in [6, 6.07) is 13.9. The molecule has 0 spiro atoms. The standard InChI is InChI=1S/C22H13Br2NO5/c1-12-4-2-5-14(8-12)21(26)29-19-15(23)9-13(10-16(19)24)11-17-22(27)30-20(25-17)18-6-3-7-28-18/h2-11H,1H3/b17-11-. The molecule has 2 heterocycles. The Morgan fingerprint density at radius 2 is 1.87 bits per heavy atom. The van der Waals surface area contributed by atoms with Crippen LogP contribution in [0.2, 0.25) is 0 Å². The van der Waals surface area contributed by atoms with Gasteiger partial charge in [-0.1, -0.05) is 17.7 Å². The zero-order valence-electron chi connectivity index (χ0n) is 15.5. The maximum Gasteiger partial charge on any atom is 0.363 e. The first-order valence-electron chi connectivity index (χ1n) is 8.75. The van der Waals surface area contributed by atoms with E-state index in [1.165, 1.54) is 6.26 Å². The number of carbonyl (C=O) groups excluding carboxylic acids is 2. The van der Waals surface area contributed by atoms with Gasteiger partial charge in [-0.25, -0.2) is 14.6 Å². The Bertz CT molecular complexity index is 1190. The molecule has 0 N–H and O–H groups in total. The fraction of sp³-hybridized carbons (Fsp3) is 0.0455. The van der Waals surface area contributed by atoms with Crippen molar-refractivity contribution in [3.63, 3.8) is 0 Å². The van der Waals surface area contributed by atoms with Gasteiger partial charge in [-0.15, -0.1) is 0 Å². The van der Waals surface area contributed by atoms with E-state index >= 15 is 0 Å². The predicted octanol–water partition coefficient (Wildman–Crippen LogP) is 5.68. The Kier molecular flexibility index (Phi) is 5.69. The number of esters is 2. The van der Waals surface area contributed by atoms with Crippen LogP contribution >= 0.6 is 31.9 Å². The third-order valence-electron chi connectivity index (χ3n) is 4.12. The Labute approximate surface area is 188 Å². The number of aliphatic imine (C=N–C) groups is 1. The Morgan fingerprint density at radius 3 is 2.53 bits per heavy atom. The highest BCUT2D eigenvalue weighted by atomic mass is 79.9. The first kappa shape index (κ1) is 20.3. The smallest absolute Gasteiger partial charge is 0.363 e. The normalized spacial score (nSPS) is 14.6. The van der Waals surface area contributed by atoms with Gasteiger partial charge in [0.05, 0.1) is 20.8 Å². The number of nitrogens with zero attached hydrogens (tertiary/aromatic N) is 1. The monoisotopic (exact) mass is 529 g/mol. The minimum Gasteiger partial charge on any atom is -0.459 e. The number of ether oxygens (including phenoxy) is 2. The number of aryl methyl sites for hydroxylation is 1. The summed E-state index contributed by atoms with van der Waals surface area (Å²) in [4.78, 5) is 28.8. The van der Waals surface area contributed by atoms with Crippen molar-refractivity contribution in [2.24, 2.45) is 4.99 Å². The van der Waals surface area contributed by atoms with Crippen LogP contribution in [0, 0.1) is 6.92 Å². The van der Waals surface area contributed by atoms with Crippen LogP contribution < -0.4 is 4.74 Å². The molecule has 0 fully saturated rings. The third kappa shape index (κ3) is 4.29. The van der Waals surface area contributed by atoms with Crippen molar-refractivity contribution >= 4 is 55.8 Å². The molecule has 150 valence electrons. The van der Waals surface area contributed by atoms with Crippen LogP contribution in [-0.4, -0.2) is 17.8 Å². The van der Waals surface area contributed by atoms with Crippen molar-refractivity contribution in [2.45, 2.75) is 6.92 Å². The van der Waals surface area contributed by atoms with Gasteiger partial charge < -0.3 is 13.9 Å². The molecule has 0 saturated carbocycles. The lowest BCUT2D eigenvalue weighted by atomic mass is 10.1. The first-order chi connectivity index (χ1) is 14.4. The van der Waals surface area contributed by atoms with Gasteiger partial charge in [0.1, 0.15) is 0 Å². The molecule has 4 rings (SSSR count). The van der Waals surface area contributed by atoms with Crippen molar-refractivity contribution in [1.82, 2.24) is 0 Å². The van der Waals surface area contributed by atoms with E-state index in [-0.39, 0.29) is 11.6 Å². The van der Waals surface area contributed by atoms with E-state index < -0.39 is 11.9 Å². The maximum atomic E-state index is 12.5. The summed E-state index contributed by atoms with van der Waals surface area (Å²) in [5.74, 6) is -0.245. The highest BCUT2D eigenvalue weighted by molar-refractivity contribution is 9.11. The lowest BCUT2D eigenvalue weighted by Crippen LogP contribution is -2.09. The van der Waals surface area contributed by atoms with E-state index in [9.17, 15) is 9.59 Å². The van der Waals surface area contributed by atoms with Crippen LogP contribution in [0.5, 0.6) is 5.75 Å². The van der Waals surface area contributed by atoms with Gasteiger partial charge in [-0.2, -0.15) is 0 Å². The van der Waals surface area contributed by atoms with Crippen molar-refractivity contribution in [2.75, 3.05) is 0 Å². The molecule has 1 aromatic heterocycles. The van der Waals surface area contributed by atoms with Crippen LogP contribution in [0.4, 0.5) is 0 Å². The van der Waals surface area contributed by atoms with Crippen molar-refractivity contribution < 1.29 is 23.5 Å². The molecule has 0 radical (unpaired) electrons. The second kappa shape index (κ2) is 8.41. The summed E-state index contributed by atoms with van der Waals surface area (Å²) in [5.41, 5.74) is 2.20. The van der Waals surface area contributed by atoms with Crippen LogP contribution in [0.15, 0.2) is 78.8 Å². The molecule has 0 amide bonds. The van der Waals surface area contributed by atoms with E-state index in [1.807, 2.05) is 13.0 Å². The first-order valence-corrected chi connectivity index (χ1v) is 10.3. The summed E-state index contributed by atoms with van der Waals surface area (Å²) >= 11 is 6.84. The molecule has 0 saturated heterocycles. The number of cyclic esters (lactones) is 1. The summed E-state index contributed by atoms with van der Waals surface area (Å²) in [6.45, 7) is 1.90. The molecule has 0 bridgehead atoms. The van der Waals surface area contributed by atoms with Gasteiger partial charge in [-0.3, -0.25) is 0 Å². The molecule has 0 atom stereocenters. The van der Waals surface area contributed by atoms with Gasteiger partial charge in [-0.05, 0) is 86.8 Å². The SMILES string of the molecule is Cc1cccc(C(=O)Oc2c(Br)cc(/C=C3\N=C(c4ccco4)OC3=O)cc2Br)c1. The molecule has 0 aliphatic carbocycles. The predicted molar refractivity (Wildman–Crippen MR) is 117 cm³/mol. The number of benzene rings is 2. The summed E-state index contributed by atoms with van der Waals surface area (Å²) < 4.78 is 17.0. The van der Waals surface area contributed by atoms with Crippen molar-refractivity contribution in [1.29, 1.82) is 0 Å². The van der Waals surface area contributed by atoms with E-state index in [0.717, 1.165) is 5.56 Å². The zero-order chi connectivity index (χ0) is 21.3. The fourth-order valence-corrected chi connectivity index (χ4v) is 4.14. The van der Waals surface area contributed by atoms with Gasteiger partial charge in [0, 0.05) is 0 Å². The molecule has 2 aromatic carbocycles. The number of halogens is 2. The van der Waals surface area contributed by atoms with Crippen molar-refractivity contribution in [3.8, 4) is 5.75 Å². The van der Waals surface area contributed by atoms with E-state index in [2.05, 4.69) is 36.9 Å². The van der Waals surface area contributed by atoms with Gasteiger partial charge in [0.15, 0.2) is 17.2 Å². The topological polar surface area (TPSA) is 78.1 Å². The molecule has 0 unspecified atom stereocenters. The van der Waals surface area contributed by atoms with Crippen LogP contribution in [0.3, 0.4) is 0 Å². The minimum absolute atomic E-state index is 0.109. The number of hydrogen-bond acceptors (Lipinski definition) is 6. The second-order valence-electron chi connectivity index (χ2n) is 6.39. The Morgan fingerprint density at radius 1 is 1.10 bits per heavy atom. The molecular formula is C22H13Br2NO5. The lowest BCUT2D eigenvalue weighted by molar-refractivity contribution is -0.130. The van der Waals surface area contributed by atoms with Crippen LogP contribution in [0.25, 0.3) is 6.08 Å². The highest BCUT2D eigenvalue weighted by Gasteiger charge is 2.26. The maximum absolute atomic E-state index is 12.5. The molecule has 8 heteroatoms. The van der Waals surface area contributed by atoms with Crippen LogP contribution in [0.1, 0.15) is 27.2 Å². The third-order valence-corrected chi connectivity index (χ3v) is 5.30. The molecule has 3 aromatic rings. The van der Waals surface area contributed by atoms with Crippen molar-refractivity contribution in [3.05, 3.63) is 91.9 Å². The molecule has 30 heavy (non-hydrogen) atoms. The second-order valence-corrected chi connectivity index (χ2v) is 8.09. The molecule has 6 nitrogen and oxygen atoms in total. The van der Waals surface area contributed by atoms with Gasteiger partial charge >= 0.3 is 11.9 Å². The molecular weight excluding hydrogens is 518 g/mol. The quantitative estimate of drug-likeness (QED) is 0.246.